The first kappa shape index (κ1) is 25.9. The molecule has 0 aromatic heterocycles. The normalized spacial score (nSPS) is 20.3. The Labute approximate surface area is 221 Å². The van der Waals surface area contributed by atoms with E-state index in [4.69, 9.17) is 23.2 Å². The van der Waals surface area contributed by atoms with E-state index in [-0.39, 0.29) is 11.6 Å². The topological polar surface area (TPSA) is 69.7 Å². The van der Waals surface area contributed by atoms with Crippen molar-refractivity contribution in [3.05, 3.63) is 68.4 Å². The lowest BCUT2D eigenvalue weighted by Gasteiger charge is -2.38. The Morgan fingerprint density at radius 2 is 1.67 bits per heavy atom. The molecule has 2 saturated carbocycles. The van der Waals surface area contributed by atoms with Crippen LogP contribution in [0.15, 0.2) is 30.3 Å². The number of rotatable bonds is 8. The summed E-state index contributed by atoms with van der Waals surface area (Å²) in [5, 5.41) is 0.712. The monoisotopic (exact) mass is 553 g/mol. The van der Waals surface area contributed by atoms with Gasteiger partial charge in [-0.3, -0.25) is 14.6 Å². The third-order valence-corrected chi connectivity index (χ3v) is 9.66. The summed E-state index contributed by atoms with van der Waals surface area (Å²) in [7, 11) is -3.73. The number of halogens is 3. The van der Waals surface area contributed by atoms with Gasteiger partial charge in [0.1, 0.15) is 5.82 Å². The van der Waals surface area contributed by atoms with Gasteiger partial charge in [-0.2, -0.15) is 0 Å². The van der Waals surface area contributed by atoms with E-state index < -0.39 is 27.0 Å². The second-order valence-electron chi connectivity index (χ2n) is 10.2. The Morgan fingerprint density at radius 3 is 2.25 bits per heavy atom. The number of carbonyl (C=O) groups excluding carboxylic acids is 1. The van der Waals surface area contributed by atoms with Gasteiger partial charge in [0, 0.05) is 48.8 Å². The van der Waals surface area contributed by atoms with Crippen LogP contribution in [-0.2, 0) is 16.6 Å². The minimum Gasteiger partial charge on any atom is -0.297 e. The fourth-order valence-electron chi connectivity index (χ4n) is 4.94. The van der Waals surface area contributed by atoms with Crippen molar-refractivity contribution in [1.29, 1.82) is 0 Å². The summed E-state index contributed by atoms with van der Waals surface area (Å²) in [5.74, 6) is -1.26. The van der Waals surface area contributed by atoms with Crippen molar-refractivity contribution >= 4 is 39.1 Å². The molecule has 0 radical (unpaired) electrons. The molecule has 2 aromatic rings. The lowest BCUT2D eigenvalue weighted by molar-refractivity contribution is 0.0971. The van der Waals surface area contributed by atoms with E-state index >= 15 is 4.39 Å². The molecule has 6 nitrogen and oxygen atoms in total. The first-order valence-electron chi connectivity index (χ1n) is 12.4. The molecule has 2 aromatic carbocycles. The molecule has 0 bridgehead atoms. The van der Waals surface area contributed by atoms with Crippen molar-refractivity contribution in [1.82, 2.24) is 14.5 Å². The maximum absolute atomic E-state index is 15.0. The molecular formula is C26H30Cl2FN3O3S. The summed E-state index contributed by atoms with van der Waals surface area (Å²) >= 11 is 12.4. The largest absolute Gasteiger partial charge is 0.297 e. The second-order valence-corrected chi connectivity index (χ2v) is 13.0. The summed E-state index contributed by atoms with van der Waals surface area (Å²) in [6.45, 7) is 6.10. The molecule has 1 N–H and O–H groups in total. The van der Waals surface area contributed by atoms with E-state index in [1.807, 2.05) is 12.1 Å². The Kier molecular flexibility index (Phi) is 7.36. The number of sulfonamides is 1. The number of piperazine rings is 1. The number of nitrogens with one attached hydrogen (secondary N) is 1. The summed E-state index contributed by atoms with van der Waals surface area (Å²) in [6.07, 6.45) is 3.06. The highest BCUT2D eigenvalue weighted by molar-refractivity contribution is 7.91. The molecule has 3 fully saturated rings. The minimum absolute atomic E-state index is 0.174. The standard InChI is InChI=1S/C26H30Cl2FN3O3S/c1-16(18-10-20(27)13-21(28)11-18)32-8-6-31(7-9-32)15-19-12-25(29)24(14-23(19)17-2-3-17)26(33)30-36(34,35)22-4-5-22/h10-14,16-17,22H,2-9,15H2,1H3,(H,30,33). The summed E-state index contributed by atoms with van der Waals surface area (Å²) in [4.78, 5) is 17.3. The van der Waals surface area contributed by atoms with Crippen LogP contribution < -0.4 is 4.72 Å². The van der Waals surface area contributed by atoms with Crippen LogP contribution in [0.2, 0.25) is 10.0 Å². The van der Waals surface area contributed by atoms with Crippen LogP contribution >= 0.6 is 23.2 Å². The average molecular weight is 555 g/mol. The summed E-state index contributed by atoms with van der Waals surface area (Å²) < 4.78 is 41.4. The fourth-order valence-corrected chi connectivity index (χ4v) is 6.77. The van der Waals surface area contributed by atoms with Crippen molar-refractivity contribution in [2.45, 2.75) is 56.4 Å². The van der Waals surface area contributed by atoms with Crippen LogP contribution in [0.4, 0.5) is 4.39 Å². The van der Waals surface area contributed by atoms with Crippen LogP contribution in [0, 0.1) is 5.82 Å². The van der Waals surface area contributed by atoms with Gasteiger partial charge >= 0.3 is 0 Å². The smallest absolute Gasteiger partial charge is 0.267 e. The zero-order valence-electron chi connectivity index (χ0n) is 20.1. The van der Waals surface area contributed by atoms with E-state index in [9.17, 15) is 13.2 Å². The van der Waals surface area contributed by atoms with E-state index in [0.717, 1.165) is 55.7 Å². The van der Waals surface area contributed by atoms with E-state index in [0.29, 0.717) is 35.3 Å². The number of hydrogen-bond donors (Lipinski definition) is 1. The van der Waals surface area contributed by atoms with Crippen LogP contribution in [-0.4, -0.2) is 55.6 Å². The number of amides is 1. The molecule has 3 aliphatic rings. The molecule has 1 aliphatic heterocycles. The summed E-state index contributed by atoms with van der Waals surface area (Å²) in [5.41, 5.74) is 2.72. The minimum atomic E-state index is -3.73. The number of nitrogens with zero attached hydrogens (tertiary/aromatic N) is 2. The fraction of sp³-hybridized carbons (Fsp3) is 0.500. The Balaban J connectivity index is 1.26. The zero-order chi connectivity index (χ0) is 25.6. The van der Waals surface area contributed by atoms with Gasteiger partial charge in [-0.1, -0.05) is 23.2 Å². The molecule has 1 amide bonds. The van der Waals surface area contributed by atoms with E-state index in [1.165, 1.54) is 6.07 Å². The number of benzene rings is 2. The zero-order valence-corrected chi connectivity index (χ0v) is 22.5. The summed E-state index contributed by atoms with van der Waals surface area (Å²) in [6, 6.07) is 8.80. The van der Waals surface area contributed by atoms with Crippen LogP contribution in [0.5, 0.6) is 0 Å². The van der Waals surface area contributed by atoms with Gasteiger partial charge in [0.25, 0.3) is 5.91 Å². The van der Waals surface area contributed by atoms with Crippen LogP contribution in [0.3, 0.4) is 0 Å². The molecular weight excluding hydrogens is 524 g/mol. The lowest BCUT2D eigenvalue weighted by Crippen LogP contribution is -2.46. The maximum Gasteiger partial charge on any atom is 0.267 e. The molecule has 10 heteroatoms. The highest BCUT2D eigenvalue weighted by Crippen LogP contribution is 2.43. The molecule has 1 saturated heterocycles. The molecule has 2 aliphatic carbocycles. The van der Waals surface area contributed by atoms with Gasteiger partial charge in [-0.25, -0.2) is 17.5 Å². The van der Waals surface area contributed by atoms with Gasteiger partial charge in [0.05, 0.1) is 10.8 Å². The first-order chi connectivity index (χ1) is 17.1. The van der Waals surface area contributed by atoms with E-state index in [1.54, 1.807) is 12.1 Å². The predicted molar refractivity (Wildman–Crippen MR) is 140 cm³/mol. The van der Waals surface area contributed by atoms with Crippen LogP contribution in [0.1, 0.15) is 71.6 Å². The quantitative estimate of drug-likeness (QED) is 0.491. The lowest BCUT2D eigenvalue weighted by atomic mass is 9.98. The first-order valence-corrected chi connectivity index (χ1v) is 14.7. The molecule has 36 heavy (non-hydrogen) atoms. The molecule has 5 rings (SSSR count). The highest BCUT2D eigenvalue weighted by atomic mass is 35.5. The van der Waals surface area contributed by atoms with E-state index in [2.05, 4.69) is 21.4 Å². The molecule has 1 atom stereocenters. The highest BCUT2D eigenvalue weighted by Gasteiger charge is 2.38. The van der Waals surface area contributed by atoms with Crippen molar-refractivity contribution in [3.8, 4) is 0 Å². The predicted octanol–water partition coefficient (Wildman–Crippen LogP) is 5.11. The second kappa shape index (κ2) is 10.2. The maximum atomic E-state index is 15.0. The molecule has 1 unspecified atom stereocenters. The third kappa shape index (κ3) is 5.89. The Bertz CT molecular complexity index is 1250. The van der Waals surface area contributed by atoms with Gasteiger partial charge in [0.2, 0.25) is 10.0 Å². The number of hydrogen-bond acceptors (Lipinski definition) is 5. The van der Waals surface area contributed by atoms with Gasteiger partial charge < -0.3 is 0 Å². The van der Waals surface area contributed by atoms with Crippen molar-refractivity contribution in [2.24, 2.45) is 0 Å². The molecule has 194 valence electrons. The van der Waals surface area contributed by atoms with Gasteiger partial charge in [-0.15, -0.1) is 0 Å². The Morgan fingerprint density at radius 1 is 1.03 bits per heavy atom. The van der Waals surface area contributed by atoms with Crippen molar-refractivity contribution in [2.75, 3.05) is 26.2 Å². The van der Waals surface area contributed by atoms with Crippen molar-refractivity contribution < 1.29 is 17.6 Å². The molecule has 1 heterocycles. The van der Waals surface area contributed by atoms with Crippen LogP contribution in [0.25, 0.3) is 0 Å². The Hall–Kier alpha value is -1.71. The number of carbonyl (C=O) groups is 1. The van der Waals surface area contributed by atoms with Gasteiger partial charge in [0.15, 0.2) is 0 Å². The third-order valence-electron chi connectivity index (χ3n) is 7.40. The van der Waals surface area contributed by atoms with Crippen molar-refractivity contribution in [3.63, 3.8) is 0 Å². The average Bonchev–Trinajstić information content (AvgIpc) is 3.71. The molecule has 0 spiro atoms. The van der Waals surface area contributed by atoms with Gasteiger partial charge in [-0.05, 0) is 85.5 Å². The SMILES string of the molecule is CC(c1cc(Cl)cc(Cl)c1)N1CCN(Cc2cc(F)c(C(=O)NS(=O)(=O)C3CC3)cc2C2CC2)CC1.